The summed E-state index contributed by atoms with van der Waals surface area (Å²) in [6.07, 6.45) is 0. The molecule has 1 N–H and O–H groups in total. The van der Waals surface area contributed by atoms with E-state index < -0.39 is 0 Å². The molecule has 2 aromatic carbocycles. The number of carbonyl (C=O) groups is 2. The summed E-state index contributed by atoms with van der Waals surface area (Å²) in [5, 5.41) is 2.96. The number of benzene rings is 2. The lowest BCUT2D eigenvalue weighted by molar-refractivity contribution is -0.134. The molecule has 0 unspecified atom stereocenters. The van der Waals surface area contributed by atoms with Gasteiger partial charge in [-0.15, -0.1) is 0 Å². The summed E-state index contributed by atoms with van der Waals surface area (Å²) in [6, 6.07) is 15.4. The van der Waals surface area contributed by atoms with Gasteiger partial charge in [0.2, 0.25) is 5.91 Å². The van der Waals surface area contributed by atoms with Crippen LogP contribution >= 0.6 is 0 Å². The second-order valence-corrected chi connectivity index (χ2v) is 7.63. The second-order valence-electron chi connectivity index (χ2n) is 7.63. The number of ether oxygens (including phenoxy) is 1. The highest BCUT2D eigenvalue weighted by atomic mass is 16.5. The van der Waals surface area contributed by atoms with Crippen molar-refractivity contribution in [3.8, 4) is 5.75 Å². The van der Waals surface area contributed by atoms with E-state index in [-0.39, 0.29) is 24.3 Å². The molecule has 0 atom stereocenters. The number of anilines is 2. The normalized spacial score (nSPS) is 14.1. The van der Waals surface area contributed by atoms with E-state index in [1.807, 2.05) is 74.2 Å². The van der Waals surface area contributed by atoms with Gasteiger partial charge in [0, 0.05) is 32.1 Å². The maximum absolute atomic E-state index is 12.4. The predicted molar refractivity (Wildman–Crippen MR) is 115 cm³/mol. The molecular weight excluding hydrogens is 366 g/mol. The molecule has 1 heterocycles. The molecule has 1 saturated heterocycles. The maximum Gasteiger partial charge on any atom is 0.262 e. The molecule has 6 heteroatoms. The minimum atomic E-state index is -0.202. The topological polar surface area (TPSA) is 61.9 Å². The SMILES string of the molecule is Cc1ccc(OCC(=O)Nc2ccccc2N2CCN(C(=O)C(C)C)CC2)cc1. The van der Waals surface area contributed by atoms with E-state index in [1.54, 1.807) is 0 Å². The fourth-order valence-electron chi connectivity index (χ4n) is 3.36. The molecule has 154 valence electrons. The first-order valence-corrected chi connectivity index (χ1v) is 10.1. The average molecular weight is 396 g/mol. The van der Waals surface area contributed by atoms with Crippen molar-refractivity contribution in [3.05, 3.63) is 54.1 Å². The van der Waals surface area contributed by atoms with Crippen molar-refractivity contribution in [1.82, 2.24) is 4.90 Å². The van der Waals surface area contributed by atoms with Gasteiger partial charge in [-0.3, -0.25) is 9.59 Å². The molecule has 0 aliphatic carbocycles. The number of carbonyl (C=O) groups excluding carboxylic acids is 2. The third kappa shape index (κ3) is 5.50. The first-order chi connectivity index (χ1) is 13.9. The zero-order valence-corrected chi connectivity index (χ0v) is 17.4. The zero-order valence-electron chi connectivity index (χ0n) is 17.4. The van der Waals surface area contributed by atoms with Crippen LogP contribution in [0, 0.1) is 12.8 Å². The second kappa shape index (κ2) is 9.45. The van der Waals surface area contributed by atoms with Crippen LogP contribution in [0.4, 0.5) is 11.4 Å². The van der Waals surface area contributed by atoms with Crippen LogP contribution in [0.25, 0.3) is 0 Å². The van der Waals surface area contributed by atoms with E-state index in [2.05, 4.69) is 10.2 Å². The molecule has 0 aromatic heterocycles. The van der Waals surface area contributed by atoms with Crippen LogP contribution in [-0.2, 0) is 9.59 Å². The molecule has 1 aliphatic rings. The summed E-state index contributed by atoms with van der Waals surface area (Å²) in [4.78, 5) is 28.7. The largest absolute Gasteiger partial charge is 0.484 e. The Balaban J connectivity index is 1.58. The van der Waals surface area contributed by atoms with Crippen molar-refractivity contribution in [2.24, 2.45) is 5.92 Å². The van der Waals surface area contributed by atoms with Crippen LogP contribution in [0.15, 0.2) is 48.5 Å². The standard InChI is InChI=1S/C23H29N3O3/c1-17(2)23(28)26-14-12-25(13-15-26)21-7-5-4-6-20(21)24-22(27)16-29-19-10-8-18(3)9-11-19/h4-11,17H,12-16H2,1-3H3,(H,24,27). The Morgan fingerprint density at radius 1 is 1.00 bits per heavy atom. The minimum Gasteiger partial charge on any atom is -0.484 e. The van der Waals surface area contributed by atoms with Gasteiger partial charge in [-0.05, 0) is 31.2 Å². The van der Waals surface area contributed by atoms with E-state index in [9.17, 15) is 9.59 Å². The van der Waals surface area contributed by atoms with Crippen LogP contribution in [0.3, 0.4) is 0 Å². The Morgan fingerprint density at radius 2 is 1.66 bits per heavy atom. The monoisotopic (exact) mass is 395 g/mol. The fraction of sp³-hybridized carbons (Fsp3) is 0.391. The van der Waals surface area contributed by atoms with Crippen LogP contribution in [0.1, 0.15) is 19.4 Å². The lowest BCUT2D eigenvalue weighted by atomic mass is 10.1. The first-order valence-electron chi connectivity index (χ1n) is 10.1. The smallest absolute Gasteiger partial charge is 0.262 e. The lowest BCUT2D eigenvalue weighted by Gasteiger charge is -2.37. The third-order valence-electron chi connectivity index (χ3n) is 4.99. The Labute approximate surface area is 172 Å². The summed E-state index contributed by atoms with van der Waals surface area (Å²) in [7, 11) is 0. The molecule has 0 spiro atoms. The molecule has 6 nitrogen and oxygen atoms in total. The van der Waals surface area contributed by atoms with E-state index in [0.29, 0.717) is 18.8 Å². The lowest BCUT2D eigenvalue weighted by Crippen LogP contribution is -2.50. The van der Waals surface area contributed by atoms with Crippen LogP contribution in [-0.4, -0.2) is 49.5 Å². The number of hydrogen-bond acceptors (Lipinski definition) is 4. The van der Waals surface area contributed by atoms with E-state index in [0.717, 1.165) is 30.0 Å². The molecule has 0 bridgehead atoms. The zero-order chi connectivity index (χ0) is 20.8. The Morgan fingerprint density at radius 3 is 2.31 bits per heavy atom. The number of amides is 2. The quantitative estimate of drug-likeness (QED) is 0.815. The van der Waals surface area contributed by atoms with E-state index >= 15 is 0 Å². The van der Waals surface area contributed by atoms with Crippen LogP contribution < -0.4 is 15.0 Å². The number of piperazine rings is 1. The number of aryl methyl sites for hydroxylation is 1. The van der Waals surface area contributed by atoms with Gasteiger partial charge in [-0.25, -0.2) is 0 Å². The van der Waals surface area contributed by atoms with Crippen LogP contribution in [0.5, 0.6) is 5.75 Å². The molecule has 2 amide bonds. The highest BCUT2D eigenvalue weighted by Crippen LogP contribution is 2.27. The van der Waals surface area contributed by atoms with Crippen molar-refractivity contribution < 1.29 is 14.3 Å². The summed E-state index contributed by atoms with van der Waals surface area (Å²) in [6.45, 7) is 8.68. The van der Waals surface area contributed by atoms with Gasteiger partial charge in [0.15, 0.2) is 6.61 Å². The number of nitrogens with one attached hydrogen (secondary N) is 1. The van der Waals surface area contributed by atoms with Gasteiger partial charge in [-0.1, -0.05) is 43.7 Å². The maximum atomic E-state index is 12.4. The molecule has 1 fully saturated rings. The minimum absolute atomic E-state index is 0.0154. The molecular formula is C23H29N3O3. The van der Waals surface area contributed by atoms with Gasteiger partial charge in [0.05, 0.1) is 11.4 Å². The van der Waals surface area contributed by atoms with E-state index in [4.69, 9.17) is 4.74 Å². The van der Waals surface area contributed by atoms with Crippen molar-refractivity contribution in [2.45, 2.75) is 20.8 Å². The number of nitrogens with zero attached hydrogens (tertiary/aromatic N) is 2. The Kier molecular flexibility index (Phi) is 6.75. The van der Waals surface area contributed by atoms with E-state index in [1.165, 1.54) is 0 Å². The summed E-state index contributed by atoms with van der Waals surface area (Å²) in [5.74, 6) is 0.678. The van der Waals surface area contributed by atoms with Crippen molar-refractivity contribution in [3.63, 3.8) is 0 Å². The molecule has 3 rings (SSSR count). The van der Waals surface area contributed by atoms with Gasteiger partial charge >= 0.3 is 0 Å². The molecule has 0 radical (unpaired) electrons. The van der Waals surface area contributed by atoms with Gasteiger partial charge in [0.1, 0.15) is 5.75 Å². The highest BCUT2D eigenvalue weighted by molar-refractivity contribution is 5.95. The average Bonchev–Trinajstić information content (AvgIpc) is 2.73. The molecule has 29 heavy (non-hydrogen) atoms. The number of rotatable bonds is 6. The summed E-state index contributed by atoms with van der Waals surface area (Å²) < 4.78 is 5.57. The first kappa shape index (κ1) is 20.7. The highest BCUT2D eigenvalue weighted by Gasteiger charge is 2.24. The Hall–Kier alpha value is -3.02. The summed E-state index contributed by atoms with van der Waals surface area (Å²) >= 11 is 0. The van der Waals surface area contributed by atoms with Gasteiger partial charge < -0.3 is 19.9 Å². The molecule has 0 saturated carbocycles. The van der Waals surface area contributed by atoms with Crippen molar-refractivity contribution in [2.75, 3.05) is 43.0 Å². The van der Waals surface area contributed by atoms with Gasteiger partial charge in [-0.2, -0.15) is 0 Å². The molecule has 2 aromatic rings. The molecule has 1 aliphatic heterocycles. The van der Waals surface area contributed by atoms with Gasteiger partial charge in [0.25, 0.3) is 5.91 Å². The number of hydrogen-bond donors (Lipinski definition) is 1. The van der Waals surface area contributed by atoms with Crippen LogP contribution in [0.2, 0.25) is 0 Å². The fourth-order valence-corrected chi connectivity index (χ4v) is 3.36. The third-order valence-corrected chi connectivity index (χ3v) is 4.99. The van der Waals surface area contributed by atoms with Crippen molar-refractivity contribution >= 4 is 23.2 Å². The van der Waals surface area contributed by atoms with Crippen molar-refractivity contribution in [1.29, 1.82) is 0 Å². The predicted octanol–water partition coefficient (Wildman–Crippen LogP) is 3.32. The number of para-hydroxylation sites is 2. The summed E-state index contributed by atoms with van der Waals surface area (Å²) in [5.41, 5.74) is 2.87. The Bertz CT molecular complexity index is 841.